The lowest BCUT2D eigenvalue weighted by Gasteiger charge is -2.03. The summed E-state index contributed by atoms with van der Waals surface area (Å²) in [6.07, 6.45) is 2.84. The van der Waals surface area contributed by atoms with Gasteiger partial charge < -0.3 is 4.98 Å². The number of aromatic nitrogens is 2. The summed E-state index contributed by atoms with van der Waals surface area (Å²) in [6.45, 7) is 3.58. The summed E-state index contributed by atoms with van der Waals surface area (Å²) in [5.74, 6) is 0. The first kappa shape index (κ1) is 12.4. The van der Waals surface area contributed by atoms with E-state index in [9.17, 15) is 18.0 Å². The van der Waals surface area contributed by atoms with Gasteiger partial charge in [-0.15, -0.1) is 6.58 Å². The van der Waals surface area contributed by atoms with Crippen LogP contribution in [0, 0.1) is 0 Å². The minimum Gasteiger partial charge on any atom is -0.313 e. The molecule has 0 aliphatic heterocycles. The van der Waals surface area contributed by atoms with Crippen molar-refractivity contribution >= 4 is 10.0 Å². The van der Waals surface area contributed by atoms with Crippen molar-refractivity contribution in [1.29, 1.82) is 0 Å². The number of sulfonamides is 1. The predicted molar refractivity (Wildman–Crippen MR) is 57.7 cm³/mol. The van der Waals surface area contributed by atoms with Gasteiger partial charge in [0.2, 0.25) is 10.0 Å². The average molecular weight is 245 g/mol. The van der Waals surface area contributed by atoms with Crippen LogP contribution in [0.4, 0.5) is 0 Å². The zero-order chi connectivity index (χ0) is 12.2. The minimum absolute atomic E-state index is 0.143. The summed E-state index contributed by atoms with van der Waals surface area (Å²) in [7, 11) is -3.89. The molecule has 88 valence electrons. The molecule has 3 N–H and O–H groups in total. The van der Waals surface area contributed by atoms with Crippen LogP contribution in [-0.2, 0) is 10.0 Å². The molecule has 0 saturated heterocycles. The molecule has 0 aromatic carbocycles. The second kappa shape index (κ2) is 4.90. The smallest absolute Gasteiger partial charge is 0.313 e. The molecule has 16 heavy (non-hydrogen) atoms. The van der Waals surface area contributed by atoms with Crippen molar-refractivity contribution in [2.45, 2.75) is 11.3 Å². The van der Waals surface area contributed by atoms with Crippen LogP contribution in [0.25, 0.3) is 0 Å². The Hall–Kier alpha value is -1.67. The molecule has 0 amide bonds. The predicted octanol–water partition coefficient (Wildman–Crippen LogP) is -1.08. The first-order valence-corrected chi connectivity index (χ1v) is 5.88. The van der Waals surface area contributed by atoms with E-state index in [-0.39, 0.29) is 6.54 Å². The molecule has 0 unspecified atom stereocenters. The van der Waals surface area contributed by atoms with Crippen molar-refractivity contribution < 1.29 is 8.42 Å². The highest BCUT2D eigenvalue weighted by Crippen LogP contribution is 1.97. The molecule has 8 heteroatoms. The molecule has 0 radical (unpaired) electrons. The van der Waals surface area contributed by atoms with Gasteiger partial charge in [0, 0.05) is 12.7 Å². The highest BCUT2D eigenvalue weighted by Gasteiger charge is 2.17. The summed E-state index contributed by atoms with van der Waals surface area (Å²) < 4.78 is 25.3. The van der Waals surface area contributed by atoms with Gasteiger partial charge in [0.25, 0.3) is 5.56 Å². The minimum atomic E-state index is -3.89. The van der Waals surface area contributed by atoms with Crippen molar-refractivity contribution in [3.8, 4) is 0 Å². The van der Waals surface area contributed by atoms with Crippen molar-refractivity contribution in [2.75, 3.05) is 6.54 Å². The Kier molecular flexibility index (Phi) is 3.80. The van der Waals surface area contributed by atoms with E-state index in [0.29, 0.717) is 6.42 Å². The van der Waals surface area contributed by atoms with Gasteiger partial charge >= 0.3 is 5.69 Å². The molecular formula is C8H11N3O4S. The van der Waals surface area contributed by atoms with Gasteiger partial charge in [0.15, 0.2) is 4.90 Å². The highest BCUT2D eigenvalue weighted by atomic mass is 32.2. The topological polar surface area (TPSA) is 112 Å². The Morgan fingerprint density at radius 3 is 2.69 bits per heavy atom. The lowest BCUT2D eigenvalue weighted by molar-refractivity contribution is 0.580. The van der Waals surface area contributed by atoms with Crippen LogP contribution in [0.3, 0.4) is 0 Å². The number of nitrogens with one attached hydrogen (secondary N) is 3. The van der Waals surface area contributed by atoms with E-state index in [4.69, 9.17) is 0 Å². The van der Waals surface area contributed by atoms with E-state index in [1.54, 1.807) is 6.08 Å². The summed E-state index contributed by atoms with van der Waals surface area (Å²) in [4.78, 5) is 25.3. The zero-order valence-electron chi connectivity index (χ0n) is 8.32. The maximum absolute atomic E-state index is 11.6. The molecule has 0 fully saturated rings. The molecule has 0 spiro atoms. The molecule has 7 nitrogen and oxygen atoms in total. The second-order valence-electron chi connectivity index (χ2n) is 2.91. The molecule has 1 rings (SSSR count). The van der Waals surface area contributed by atoms with Crippen molar-refractivity contribution in [3.63, 3.8) is 0 Å². The Balaban J connectivity index is 3.03. The van der Waals surface area contributed by atoms with Gasteiger partial charge in [-0.05, 0) is 6.42 Å². The molecular weight excluding hydrogens is 234 g/mol. The number of hydrogen-bond donors (Lipinski definition) is 3. The maximum atomic E-state index is 11.6. The number of hydrogen-bond acceptors (Lipinski definition) is 4. The highest BCUT2D eigenvalue weighted by molar-refractivity contribution is 7.89. The van der Waals surface area contributed by atoms with Gasteiger partial charge in [-0.25, -0.2) is 17.9 Å². The number of rotatable bonds is 5. The molecule has 0 saturated carbocycles. The Morgan fingerprint density at radius 2 is 2.12 bits per heavy atom. The molecule has 0 atom stereocenters. The summed E-state index contributed by atoms with van der Waals surface area (Å²) >= 11 is 0. The van der Waals surface area contributed by atoms with Crippen LogP contribution in [-0.4, -0.2) is 24.9 Å². The number of aromatic amines is 2. The summed E-state index contributed by atoms with van der Waals surface area (Å²) in [5, 5.41) is 0. The molecule has 0 aliphatic carbocycles. The lowest BCUT2D eigenvalue weighted by Crippen LogP contribution is -2.33. The van der Waals surface area contributed by atoms with Crippen LogP contribution < -0.4 is 16.0 Å². The molecule has 1 aromatic heterocycles. The quantitative estimate of drug-likeness (QED) is 0.452. The fourth-order valence-corrected chi connectivity index (χ4v) is 2.02. The van der Waals surface area contributed by atoms with E-state index in [2.05, 4.69) is 16.3 Å². The molecule has 1 aromatic rings. The third kappa shape index (κ3) is 2.91. The Labute approximate surface area is 91.3 Å². The molecule has 1 heterocycles. The van der Waals surface area contributed by atoms with Crippen molar-refractivity contribution in [1.82, 2.24) is 14.7 Å². The maximum Gasteiger partial charge on any atom is 0.325 e. The molecule has 0 bridgehead atoms. The van der Waals surface area contributed by atoms with Crippen LogP contribution >= 0.6 is 0 Å². The second-order valence-corrected chi connectivity index (χ2v) is 4.65. The Bertz CT molecular complexity index is 584. The normalized spacial score (nSPS) is 11.2. The van der Waals surface area contributed by atoms with Crippen molar-refractivity contribution in [3.05, 3.63) is 39.7 Å². The largest absolute Gasteiger partial charge is 0.325 e. The summed E-state index contributed by atoms with van der Waals surface area (Å²) in [5.41, 5.74) is -1.70. The van der Waals surface area contributed by atoms with E-state index >= 15 is 0 Å². The van der Waals surface area contributed by atoms with Gasteiger partial charge in [0.05, 0.1) is 0 Å². The van der Waals surface area contributed by atoms with Gasteiger partial charge in [-0.1, -0.05) is 6.08 Å². The van der Waals surface area contributed by atoms with E-state index < -0.39 is 26.2 Å². The third-order valence-electron chi connectivity index (χ3n) is 1.72. The average Bonchev–Trinajstić information content (AvgIpc) is 2.17. The summed E-state index contributed by atoms with van der Waals surface area (Å²) in [6, 6.07) is 0. The first-order valence-electron chi connectivity index (χ1n) is 4.40. The van der Waals surface area contributed by atoms with Crippen LogP contribution in [0.15, 0.2) is 33.3 Å². The van der Waals surface area contributed by atoms with Crippen LogP contribution in [0.5, 0.6) is 0 Å². The standard InChI is InChI=1S/C8H11N3O4S/c1-2-3-4-10-16(14,15)6-5-9-8(13)11-7(6)12/h2,5,10H,1,3-4H2,(H2,9,11,12,13). The van der Waals surface area contributed by atoms with Gasteiger partial charge in [-0.3, -0.25) is 9.78 Å². The number of H-pyrrole nitrogens is 2. The lowest BCUT2D eigenvalue weighted by atomic mass is 10.4. The van der Waals surface area contributed by atoms with Crippen LogP contribution in [0.1, 0.15) is 6.42 Å². The van der Waals surface area contributed by atoms with Gasteiger partial charge in [-0.2, -0.15) is 0 Å². The van der Waals surface area contributed by atoms with Gasteiger partial charge in [0.1, 0.15) is 0 Å². The third-order valence-corrected chi connectivity index (χ3v) is 3.18. The van der Waals surface area contributed by atoms with Crippen molar-refractivity contribution in [2.24, 2.45) is 0 Å². The van der Waals surface area contributed by atoms with Crippen LogP contribution in [0.2, 0.25) is 0 Å². The van der Waals surface area contributed by atoms with E-state index in [1.807, 2.05) is 4.98 Å². The zero-order valence-corrected chi connectivity index (χ0v) is 9.13. The monoisotopic (exact) mass is 245 g/mol. The fraction of sp³-hybridized carbons (Fsp3) is 0.250. The fourth-order valence-electron chi connectivity index (χ4n) is 0.970. The molecule has 0 aliphatic rings. The SMILES string of the molecule is C=CCCNS(=O)(=O)c1c[nH]c(=O)[nH]c1=O. The van der Waals surface area contributed by atoms with E-state index in [0.717, 1.165) is 6.20 Å². The first-order chi connectivity index (χ1) is 7.47. The van der Waals surface area contributed by atoms with E-state index in [1.165, 1.54) is 0 Å². The Morgan fingerprint density at radius 1 is 1.44 bits per heavy atom.